The summed E-state index contributed by atoms with van der Waals surface area (Å²) in [6.07, 6.45) is 0.917. The molecule has 0 spiro atoms. The summed E-state index contributed by atoms with van der Waals surface area (Å²) in [4.78, 5) is 29.1. The number of carbonyl (C=O) groups is 2. The summed E-state index contributed by atoms with van der Waals surface area (Å²) in [5, 5.41) is 3.65. The summed E-state index contributed by atoms with van der Waals surface area (Å²) >= 11 is 6.11. The maximum Gasteiger partial charge on any atom is 0.261 e. The van der Waals surface area contributed by atoms with E-state index in [1.807, 2.05) is 78.9 Å². The summed E-state index contributed by atoms with van der Waals surface area (Å²) in [6, 6.07) is 31.0. The number of amides is 2. The number of halogens is 1. The molecule has 4 aromatic rings. The molecule has 2 amide bonds. The summed E-state index contributed by atoms with van der Waals surface area (Å²) in [5.41, 5.74) is 2.77. The predicted octanol–water partition coefficient (Wildman–Crippen LogP) is 5.74. The fraction of sp³-hybridized carbons (Fsp3) is 0.235. The maximum absolute atomic E-state index is 13.8. The van der Waals surface area contributed by atoms with Gasteiger partial charge in [0.2, 0.25) is 5.91 Å². The summed E-state index contributed by atoms with van der Waals surface area (Å²) < 4.78 is 16.5. The third-order valence-corrected chi connectivity index (χ3v) is 7.06. The molecule has 7 nitrogen and oxygen atoms in total. The molecule has 1 atom stereocenters. The van der Waals surface area contributed by atoms with E-state index in [-0.39, 0.29) is 25.0 Å². The van der Waals surface area contributed by atoms with E-state index in [1.165, 1.54) is 0 Å². The van der Waals surface area contributed by atoms with Gasteiger partial charge in [0.1, 0.15) is 11.8 Å². The first-order chi connectivity index (χ1) is 20.5. The Balaban J connectivity index is 1.55. The van der Waals surface area contributed by atoms with Gasteiger partial charge in [0.05, 0.1) is 14.2 Å². The highest BCUT2D eigenvalue weighted by atomic mass is 35.5. The second-order valence-corrected chi connectivity index (χ2v) is 10.1. The molecule has 0 aliphatic carbocycles. The molecule has 1 N–H and O–H groups in total. The molecular weight excluding hydrogens is 552 g/mol. The zero-order valence-electron chi connectivity index (χ0n) is 23.8. The van der Waals surface area contributed by atoms with E-state index in [4.69, 9.17) is 25.8 Å². The van der Waals surface area contributed by atoms with Gasteiger partial charge < -0.3 is 24.4 Å². The quantitative estimate of drug-likeness (QED) is 0.204. The summed E-state index contributed by atoms with van der Waals surface area (Å²) in [6.45, 7) is 0.389. The van der Waals surface area contributed by atoms with Crippen LogP contribution in [0.25, 0.3) is 0 Å². The predicted molar refractivity (Wildman–Crippen MR) is 164 cm³/mol. The van der Waals surface area contributed by atoms with E-state index < -0.39 is 6.04 Å². The molecule has 0 radical (unpaired) electrons. The lowest BCUT2D eigenvalue weighted by atomic mass is 10.0. The number of para-hydroxylation sites is 1. The van der Waals surface area contributed by atoms with Crippen molar-refractivity contribution in [3.63, 3.8) is 0 Å². The zero-order chi connectivity index (χ0) is 29.7. The lowest BCUT2D eigenvalue weighted by molar-refractivity contribution is -0.142. The Labute approximate surface area is 252 Å². The number of methoxy groups -OCH3 is 2. The Morgan fingerprint density at radius 3 is 2.10 bits per heavy atom. The number of hydrogen-bond donors (Lipinski definition) is 1. The molecule has 0 heterocycles. The monoisotopic (exact) mass is 586 g/mol. The Hall–Kier alpha value is -4.49. The van der Waals surface area contributed by atoms with Crippen molar-refractivity contribution in [1.82, 2.24) is 10.2 Å². The van der Waals surface area contributed by atoms with E-state index in [2.05, 4.69) is 5.32 Å². The van der Waals surface area contributed by atoms with Crippen molar-refractivity contribution < 1.29 is 23.8 Å². The van der Waals surface area contributed by atoms with Gasteiger partial charge in [0.25, 0.3) is 5.91 Å². The molecule has 42 heavy (non-hydrogen) atoms. The van der Waals surface area contributed by atoms with Crippen LogP contribution in [0.4, 0.5) is 0 Å². The van der Waals surface area contributed by atoms with Gasteiger partial charge in [-0.1, -0.05) is 78.3 Å². The highest BCUT2D eigenvalue weighted by Gasteiger charge is 2.30. The van der Waals surface area contributed by atoms with Gasteiger partial charge in [-0.05, 0) is 59.5 Å². The molecule has 0 saturated heterocycles. The van der Waals surface area contributed by atoms with Gasteiger partial charge in [-0.25, -0.2) is 0 Å². The minimum atomic E-state index is -0.777. The number of ether oxygens (including phenoxy) is 3. The fourth-order valence-corrected chi connectivity index (χ4v) is 4.70. The Kier molecular flexibility index (Phi) is 11.2. The number of benzene rings is 4. The molecule has 0 aliphatic heterocycles. The average Bonchev–Trinajstić information content (AvgIpc) is 3.03. The Morgan fingerprint density at radius 1 is 0.786 bits per heavy atom. The van der Waals surface area contributed by atoms with E-state index in [1.54, 1.807) is 43.4 Å². The number of nitrogens with zero attached hydrogens (tertiary/aromatic N) is 1. The molecule has 8 heteroatoms. The molecule has 4 aromatic carbocycles. The first kappa shape index (κ1) is 30.5. The van der Waals surface area contributed by atoms with Gasteiger partial charge in [0.15, 0.2) is 18.1 Å². The molecule has 218 valence electrons. The Morgan fingerprint density at radius 2 is 1.43 bits per heavy atom. The molecular formula is C34H35ClN2O5. The molecule has 0 unspecified atom stereocenters. The minimum Gasteiger partial charge on any atom is -0.493 e. The summed E-state index contributed by atoms with van der Waals surface area (Å²) in [7, 11) is 3.18. The van der Waals surface area contributed by atoms with Gasteiger partial charge in [-0.2, -0.15) is 0 Å². The van der Waals surface area contributed by atoms with Crippen LogP contribution in [-0.2, 0) is 29.0 Å². The first-order valence-corrected chi connectivity index (χ1v) is 14.1. The SMILES string of the molecule is COc1ccc(CCNC(=O)[C@@H](Cc2ccccc2)N(Cc2ccc(Cl)cc2)C(=O)COc2ccccc2)cc1OC. The molecule has 0 aliphatic rings. The van der Waals surface area contributed by atoms with Crippen LogP contribution in [0.15, 0.2) is 103 Å². The third kappa shape index (κ3) is 8.75. The second kappa shape index (κ2) is 15.5. The number of nitrogens with one attached hydrogen (secondary N) is 1. The van der Waals surface area contributed by atoms with Crippen LogP contribution in [-0.4, -0.2) is 50.1 Å². The number of carbonyl (C=O) groups excluding carboxylic acids is 2. The van der Waals surface area contributed by atoms with E-state index in [9.17, 15) is 9.59 Å². The number of rotatable bonds is 14. The minimum absolute atomic E-state index is 0.207. The van der Waals surface area contributed by atoms with Crippen LogP contribution >= 0.6 is 11.6 Å². The molecule has 4 rings (SSSR count). The van der Waals surface area contributed by atoms with Crippen molar-refractivity contribution in [2.24, 2.45) is 0 Å². The van der Waals surface area contributed by atoms with Crippen molar-refractivity contribution in [1.29, 1.82) is 0 Å². The summed E-state index contributed by atoms with van der Waals surface area (Å²) in [5.74, 6) is 1.30. The van der Waals surface area contributed by atoms with E-state index in [0.29, 0.717) is 41.7 Å². The van der Waals surface area contributed by atoms with Crippen molar-refractivity contribution in [2.75, 3.05) is 27.4 Å². The smallest absolute Gasteiger partial charge is 0.261 e. The highest BCUT2D eigenvalue weighted by molar-refractivity contribution is 6.30. The van der Waals surface area contributed by atoms with Crippen molar-refractivity contribution in [3.8, 4) is 17.2 Å². The van der Waals surface area contributed by atoms with Crippen molar-refractivity contribution >= 4 is 23.4 Å². The fourth-order valence-electron chi connectivity index (χ4n) is 4.57. The average molecular weight is 587 g/mol. The van der Waals surface area contributed by atoms with Crippen molar-refractivity contribution in [2.45, 2.75) is 25.4 Å². The third-order valence-electron chi connectivity index (χ3n) is 6.80. The first-order valence-electron chi connectivity index (χ1n) is 13.7. The molecule has 0 aromatic heterocycles. The molecule has 0 saturated carbocycles. The van der Waals surface area contributed by atoms with E-state index in [0.717, 1.165) is 16.7 Å². The van der Waals surface area contributed by atoms with Crippen LogP contribution < -0.4 is 19.5 Å². The van der Waals surface area contributed by atoms with E-state index >= 15 is 0 Å². The van der Waals surface area contributed by atoms with Crippen LogP contribution in [0.5, 0.6) is 17.2 Å². The van der Waals surface area contributed by atoms with Crippen LogP contribution in [0.2, 0.25) is 5.02 Å². The lowest BCUT2D eigenvalue weighted by Crippen LogP contribution is -2.52. The number of hydrogen-bond acceptors (Lipinski definition) is 5. The normalized spacial score (nSPS) is 11.3. The lowest BCUT2D eigenvalue weighted by Gasteiger charge is -2.31. The van der Waals surface area contributed by atoms with Crippen LogP contribution in [0.1, 0.15) is 16.7 Å². The van der Waals surface area contributed by atoms with Gasteiger partial charge in [-0.3, -0.25) is 9.59 Å². The highest BCUT2D eigenvalue weighted by Crippen LogP contribution is 2.27. The van der Waals surface area contributed by atoms with Gasteiger partial charge >= 0.3 is 0 Å². The van der Waals surface area contributed by atoms with Gasteiger partial charge in [-0.15, -0.1) is 0 Å². The molecule has 0 fully saturated rings. The second-order valence-electron chi connectivity index (χ2n) is 9.69. The van der Waals surface area contributed by atoms with Gasteiger partial charge in [0, 0.05) is 24.5 Å². The van der Waals surface area contributed by atoms with Crippen LogP contribution in [0.3, 0.4) is 0 Å². The largest absolute Gasteiger partial charge is 0.493 e. The topological polar surface area (TPSA) is 77.1 Å². The zero-order valence-corrected chi connectivity index (χ0v) is 24.6. The maximum atomic E-state index is 13.8. The van der Waals surface area contributed by atoms with Crippen LogP contribution in [0, 0.1) is 0 Å². The van der Waals surface area contributed by atoms with Crippen molar-refractivity contribution in [3.05, 3.63) is 125 Å². The Bertz CT molecular complexity index is 1430. The standard InChI is InChI=1S/C34H35ClN2O5/c1-40-31-18-15-26(22-32(31)41-2)19-20-36-34(39)30(21-25-9-5-3-6-10-25)37(23-27-13-16-28(35)17-14-27)33(38)24-42-29-11-7-4-8-12-29/h3-18,22,30H,19-21,23-24H2,1-2H3,(H,36,39)/t30-/m1/s1. The molecule has 0 bridgehead atoms.